The first-order valence-electron chi connectivity index (χ1n) is 7.49. The van der Waals surface area contributed by atoms with Crippen molar-refractivity contribution < 1.29 is 9.13 Å². The van der Waals surface area contributed by atoms with Crippen molar-refractivity contribution >= 4 is 11.8 Å². The van der Waals surface area contributed by atoms with Crippen LogP contribution in [0.3, 0.4) is 0 Å². The SMILES string of the molecule is CNC(CSc1ccc(F)cc1)C1CC(C)(C)OC1(C)C. The van der Waals surface area contributed by atoms with Crippen LogP contribution in [0.2, 0.25) is 0 Å². The molecule has 0 saturated carbocycles. The Kier molecular flexibility index (Phi) is 5.01. The molecule has 1 aromatic carbocycles. The molecule has 2 nitrogen and oxygen atoms in total. The van der Waals surface area contributed by atoms with Crippen LogP contribution in [0.15, 0.2) is 29.2 Å². The lowest BCUT2D eigenvalue weighted by Crippen LogP contribution is -2.44. The molecular formula is C17H26FNOS. The summed E-state index contributed by atoms with van der Waals surface area (Å²) in [5, 5.41) is 3.44. The molecule has 0 aromatic heterocycles. The van der Waals surface area contributed by atoms with E-state index in [2.05, 4.69) is 33.0 Å². The number of thioether (sulfide) groups is 1. The molecule has 2 unspecified atom stereocenters. The number of nitrogens with one attached hydrogen (secondary N) is 1. The van der Waals surface area contributed by atoms with Crippen molar-refractivity contribution in [2.24, 2.45) is 5.92 Å². The van der Waals surface area contributed by atoms with Crippen molar-refractivity contribution in [2.75, 3.05) is 12.8 Å². The summed E-state index contributed by atoms with van der Waals surface area (Å²) in [5.74, 6) is 1.23. The van der Waals surface area contributed by atoms with Crippen LogP contribution in [0, 0.1) is 11.7 Å². The Morgan fingerprint density at radius 3 is 2.38 bits per heavy atom. The van der Waals surface area contributed by atoms with E-state index in [0.717, 1.165) is 17.1 Å². The highest BCUT2D eigenvalue weighted by molar-refractivity contribution is 7.99. The highest BCUT2D eigenvalue weighted by Crippen LogP contribution is 2.44. The van der Waals surface area contributed by atoms with Crippen LogP contribution in [0.1, 0.15) is 34.1 Å². The second-order valence-electron chi connectivity index (χ2n) is 6.94. The fourth-order valence-corrected chi connectivity index (χ4v) is 4.45. The number of rotatable bonds is 5. The van der Waals surface area contributed by atoms with Gasteiger partial charge in [-0.3, -0.25) is 0 Å². The van der Waals surface area contributed by atoms with Gasteiger partial charge in [0.2, 0.25) is 0 Å². The largest absolute Gasteiger partial charge is 0.369 e. The lowest BCUT2D eigenvalue weighted by atomic mass is 9.82. The van der Waals surface area contributed by atoms with E-state index in [4.69, 9.17) is 4.74 Å². The Morgan fingerprint density at radius 1 is 1.29 bits per heavy atom. The molecule has 1 aliphatic heterocycles. The summed E-state index contributed by atoms with van der Waals surface area (Å²) in [7, 11) is 2.01. The fraction of sp³-hybridized carbons (Fsp3) is 0.647. The maximum atomic E-state index is 12.9. The van der Waals surface area contributed by atoms with Crippen molar-refractivity contribution in [3.8, 4) is 0 Å². The first-order valence-corrected chi connectivity index (χ1v) is 8.48. The molecule has 1 aromatic rings. The summed E-state index contributed by atoms with van der Waals surface area (Å²) < 4.78 is 19.1. The Labute approximate surface area is 131 Å². The molecule has 118 valence electrons. The lowest BCUT2D eigenvalue weighted by Gasteiger charge is -2.32. The third-order valence-corrected chi connectivity index (χ3v) is 5.37. The first kappa shape index (κ1) is 16.8. The van der Waals surface area contributed by atoms with Gasteiger partial charge in [0.05, 0.1) is 11.2 Å². The van der Waals surface area contributed by atoms with Gasteiger partial charge in [-0.25, -0.2) is 4.39 Å². The molecule has 1 N–H and O–H groups in total. The van der Waals surface area contributed by atoms with Crippen LogP contribution >= 0.6 is 11.8 Å². The number of halogens is 1. The normalized spacial score (nSPS) is 25.0. The predicted molar refractivity (Wildman–Crippen MR) is 87.3 cm³/mol. The molecule has 4 heteroatoms. The van der Waals surface area contributed by atoms with E-state index in [1.165, 1.54) is 12.1 Å². The standard InChI is InChI=1S/C17H26FNOS/c1-16(2)10-14(17(3,4)20-16)15(19-5)11-21-13-8-6-12(18)7-9-13/h6-9,14-15,19H,10-11H2,1-5H3. The van der Waals surface area contributed by atoms with E-state index in [-0.39, 0.29) is 17.0 Å². The third-order valence-electron chi connectivity index (χ3n) is 4.24. The molecule has 1 aliphatic rings. The average Bonchev–Trinajstić information content (AvgIpc) is 2.61. The van der Waals surface area contributed by atoms with Gasteiger partial charge in [-0.2, -0.15) is 0 Å². The molecule has 0 bridgehead atoms. The summed E-state index contributed by atoms with van der Waals surface area (Å²) in [4.78, 5) is 1.10. The van der Waals surface area contributed by atoms with Gasteiger partial charge in [0.1, 0.15) is 5.82 Å². The molecule has 1 heterocycles. The molecule has 0 spiro atoms. The van der Waals surface area contributed by atoms with Gasteiger partial charge in [-0.1, -0.05) is 0 Å². The molecule has 0 amide bonds. The molecular weight excluding hydrogens is 285 g/mol. The number of ether oxygens (including phenoxy) is 1. The minimum Gasteiger partial charge on any atom is -0.369 e. The van der Waals surface area contributed by atoms with Crippen LogP contribution in [0.5, 0.6) is 0 Å². The Balaban J connectivity index is 2.01. The van der Waals surface area contributed by atoms with Crippen LogP contribution < -0.4 is 5.32 Å². The lowest BCUT2D eigenvalue weighted by molar-refractivity contribution is -0.0767. The van der Waals surface area contributed by atoms with Gasteiger partial charge in [0.15, 0.2) is 0 Å². The van der Waals surface area contributed by atoms with E-state index >= 15 is 0 Å². The highest BCUT2D eigenvalue weighted by Gasteiger charge is 2.48. The number of hydrogen-bond donors (Lipinski definition) is 1. The van der Waals surface area contributed by atoms with Crippen LogP contribution in [-0.4, -0.2) is 30.0 Å². The van der Waals surface area contributed by atoms with Gasteiger partial charge >= 0.3 is 0 Å². The van der Waals surface area contributed by atoms with Gasteiger partial charge < -0.3 is 10.1 Å². The first-order chi connectivity index (χ1) is 9.73. The Hall–Kier alpha value is -0.580. The van der Waals surface area contributed by atoms with E-state index in [1.54, 1.807) is 11.8 Å². The third kappa shape index (κ3) is 4.21. The van der Waals surface area contributed by atoms with Crippen LogP contribution in [-0.2, 0) is 4.74 Å². The van der Waals surface area contributed by atoms with Gasteiger partial charge in [-0.05, 0) is 65.4 Å². The summed E-state index contributed by atoms with van der Waals surface area (Å²) in [6, 6.07) is 7.09. The quantitative estimate of drug-likeness (QED) is 0.827. The summed E-state index contributed by atoms with van der Waals surface area (Å²) in [5.41, 5.74) is -0.190. The van der Waals surface area contributed by atoms with E-state index in [1.807, 2.05) is 19.2 Å². The topological polar surface area (TPSA) is 21.3 Å². The predicted octanol–water partition coefficient (Wildman–Crippen LogP) is 4.10. The second-order valence-corrected chi connectivity index (χ2v) is 8.03. The maximum Gasteiger partial charge on any atom is 0.123 e. The summed E-state index contributed by atoms with van der Waals surface area (Å²) in [6.07, 6.45) is 1.05. The zero-order valence-electron chi connectivity index (χ0n) is 13.6. The zero-order chi connectivity index (χ0) is 15.7. The minimum absolute atomic E-state index is 0.0657. The molecule has 2 atom stereocenters. The summed E-state index contributed by atoms with van der Waals surface area (Å²) >= 11 is 1.76. The minimum atomic E-state index is -0.184. The molecule has 1 saturated heterocycles. The molecule has 0 radical (unpaired) electrons. The highest BCUT2D eigenvalue weighted by atomic mass is 32.2. The van der Waals surface area contributed by atoms with Crippen LogP contribution in [0.25, 0.3) is 0 Å². The van der Waals surface area contributed by atoms with Gasteiger partial charge in [0, 0.05) is 22.6 Å². The zero-order valence-corrected chi connectivity index (χ0v) is 14.4. The van der Waals surface area contributed by atoms with E-state index < -0.39 is 0 Å². The molecule has 21 heavy (non-hydrogen) atoms. The van der Waals surface area contributed by atoms with E-state index in [0.29, 0.717) is 12.0 Å². The Bertz CT molecular complexity index is 472. The van der Waals surface area contributed by atoms with Crippen molar-refractivity contribution in [1.82, 2.24) is 5.32 Å². The molecule has 2 rings (SSSR count). The summed E-state index contributed by atoms with van der Waals surface area (Å²) in [6.45, 7) is 8.68. The fourth-order valence-electron chi connectivity index (χ4n) is 3.35. The maximum absolute atomic E-state index is 12.9. The van der Waals surface area contributed by atoms with Crippen molar-refractivity contribution in [3.63, 3.8) is 0 Å². The molecule has 0 aliphatic carbocycles. The van der Waals surface area contributed by atoms with Gasteiger partial charge in [0.25, 0.3) is 0 Å². The monoisotopic (exact) mass is 311 g/mol. The number of benzene rings is 1. The average molecular weight is 311 g/mol. The van der Waals surface area contributed by atoms with Crippen molar-refractivity contribution in [2.45, 2.75) is 56.3 Å². The van der Waals surface area contributed by atoms with Gasteiger partial charge in [-0.15, -0.1) is 11.8 Å². The second kappa shape index (κ2) is 6.27. The van der Waals surface area contributed by atoms with Crippen molar-refractivity contribution in [3.05, 3.63) is 30.1 Å². The Morgan fingerprint density at radius 2 is 1.90 bits per heavy atom. The number of hydrogen-bond acceptors (Lipinski definition) is 3. The van der Waals surface area contributed by atoms with E-state index in [9.17, 15) is 4.39 Å². The molecule has 1 fully saturated rings. The van der Waals surface area contributed by atoms with Crippen LogP contribution in [0.4, 0.5) is 4.39 Å². The van der Waals surface area contributed by atoms with Crippen molar-refractivity contribution in [1.29, 1.82) is 0 Å². The smallest absolute Gasteiger partial charge is 0.123 e.